The summed E-state index contributed by atoms with van der Waals surface area (Å²) < 4.78 is 5.17. The van der Waals surface area contributed by atoms with Crippen molar-refractivity contribution in [2.24, 2.45) is 0 Å². The molecule has 0 radical (unpaired) electrons. The fraction of sp³-hybridized carbons (Fsp3) is 0.120. The lowest BCUT2D eigenvalue weighted by molar-refractivity contribution is -0.129. The fourth-order valence-corrected chi connectivity index (χ4v) is 2.86. The summed E-state index contributed by atoms with van der Waals surface area (Å²) in [4.78, 5) is 26.0. The van der Waals surface area contributed by atoms with E-state index in [0.29, 0.717) is 11.4 Å². The summed E-state index contributed by atoms with van der Waals surface area (Å²) in [5, 5.41) is 6.09. The van der Waals surface area contributed by atoms with Crippen molar-refractivity contribution < 1.29 is 14.3 Å². The fourth-order valence-electron chi connectivity index (χ4n) is 2.86. The molecule has 0 aliphatic carbocycles. The minimum Gasteiger partial charge on any atom is -0.497 e. The van der Waals surface area contributed by atoms with Crippen molar-refractivity contribution in [3.8, 4) is 5.75 Å². The van der Waals surface area contributed by atoms with Gasteiger partial charge in [-0.1, -0.05) is 30.3 Å². The molecular weight excluding hydrogens is 390 g/mol. The van der Waals surface area contributed by atoms with E-state index in [-0.39, 0.29) is 18.4 Å². The minimum absolute atomic E-state index is 0.0503. The van der Waals surface area contributed by atoms with Crippen LogP contribution in [0.5, 0.6) is 5.75 Å². The van der Waals surface area contributed by atoms with Crippen LogP contribution >= 0.6 is 0 Å². The highest BCUT2D eigenvalue weighted by Crippen LogP contribution is 2.18. The van der Waals surface area contributed by atoms with Gasteiger partial charge >= 0.3 is 0 Å². The molecule has 158 valence electrons. The number of carbonyl (C=O) groups excluding carboxylic acids is 2. The van der Waals surface area contributed by atoms with E-state index >= 15 is 0 Å². The molecule has 0 atom stereocenters. The Morgan fingerprint density at radius 3 is 2.29 bits per heavy atom. The summed E-state index contributed by atoms with van der Waals surface area (Å²) in [5.74, 6) is 0.182. The van der Waals surface area contributed by atoms with Crippen molar-refractivity contribution in [1.82, 2.24) is 4.90 Å². The number of hydrogen-bond acceptors (Lipinski definition) is 4. The molecule has 0 heterocycles. The number of likely N-dealkylation sites (N-methyl/N-ethyl adjacent to an activating group) is 1. The molecule has 0 aromatic heterocycles. The Labute approximate surface area is 182 Å². The minimum atomic E-state index is -0.269. The molecule has 2 amide bonds. The Balaban J connectivity index is 1.50. The number of anilines is 3. The Morgan fingerprint density at radius 1 is 0.903 bits per heavy atom. The number of benzene rings is 3. The van der Waals surface area contributed by atoms with Crippen LogP contribution < -0.4 is 15.4 Å². The monoisotopic (exact) mass is 415 g/mol. The third kappa shape index (κ3) is 6.75. The molecule has 31 heavy (non-hydrogen) atoms. The normalized spacial score (nSPS) is 10.5. The molecule has 6 nitrogen and oxygen atoms in total. The number of amides is 2. The van der Waals surface area contributed by atoms with Crippen LogP contribution in [-0.2, 0) is 9.59 Å². The molecule has 0 saturated heterocycles. The van der Waals surface area contributed by atoms with Gasteiger partial charge in [-0.15, -0.1) is 0 Å². The number of nitrogens with one attached hydrogen (secondary N) is 2. The maximum Gasteiger partial charge on any atom is 0.246 e. The van der Waals surface area contributed by atoms with Crippen LogP contribution in [0.4, 0.5) is 17.1 Å². The summed E-state index contributed by atoms with van der Waals surface area (Å²) >= 11 is 0. The zero-order valence-corrected chi connectivity index (χ0v) is 17.5. The maximum absolute atomic E-state index is 12.3. The van der Waals surface area contributed by atoms with Gasteiger partial charge in [0, 0.05) is 30.2 Å². The number of methoxy groups -OCH3 is 1. The van der Waals surface area contributed by atoms with Gasteiger partial charge in [0.2, 0.25) is 11.8 Å². The molecule has 3 rings (SSSR count). The molecule has 0 fully saturated rings. The quantitative estimate of drug-likeness (QED) is 0.530. The zero-order valence-electron chi connectivity index (χ0n) is 17.5. The highest BCUT2D eigenvalue weighted by atomic mass is 16.5. The van der Waals surface area contributed by atoms with Crippen molar-refractivity contribution in [3.05, 3.63) is 90.5 Å². The molecular formula is C25H25N3O3. The Hall–Kier alpha value is -4.06. The average Bonchev–Trinajstić information content (AvgIpc) is 2.79. The van der Waals surface area contributed by atoms with Crippen LogP contribution in [0.15, 0.2) is 84.9 Å². The van der Waals surface area contributed by atoms with Crippen molar-refractivity contribution in [2.75, 3.05) is 31.3 Å². The van der Waals surface area contributed by atoms with Crippen LogP contribution in [0, 0.1) is 0 Å². The summed E-state index contributed by atoms with van der Waals surface area (Å²) in [6.45, 7) is -0.0503. The molecule has 3 aromatic carbocycles. The van der Waals surface area contributed by atoms with Crippen LogP contribution in [0.1, 0.15) is 5.56 Å². The lowest BCUT2D eigenvalue weighted by Gasteiger charge is -2.15. The third-order valence-corrected chi connectivity index (χ3v) is 4.50. The first kappa shape index (κ1) is 21.6. The average molecular weight is 415 g/mol. The number of nitrogens with zero attached hydrogens (tertiary/aromatic N) is 1. The zero-order chi connectivity index (χ0) is 22.1. The standard InChI is InChI=1S/C25H25N3O3/c1-28(25(30)16-11-19-7-6-10-23(17-19)31-2)18-24(29)27-22-14-12-21(13-15-22)26-20-8-4-3-5-9-20/h3-17,26H,18H2,1-2H3,(H,27,29)/b16-11+. The molecule has 0 spiro atoms. The van der Waals surface area contributed by atoms with Crippen molar-refractivity contribution in [2.45, 2.75) is 0 Å². The van der Waals surface area contributed by atoms with Crippen molar-refractivity contribution in [1.29, 1.82) is 0 Å². The molecule has 2 N–H and O–H groups in total. The van der Waals surface area contributed by atoms with Gasteiger partial charge in [-0.05, 0) is 60.2 Å². The van der Waals surface area contributed by atoms with Crippen LogP contribution in [0.2, 0.25) is 0 Å². The number of carbonyl (C=O) groups is 2. The maximum atomic E-state index is 12.3. The smallest absolute Gasteiger partial charge is 0.246 e. The summed E-state index contributed by atoms with van der Waals surface area (Å²) in [6.07, 6.45) is 3.13. The summed E-state index contributed by atoms with van der Waals surface area (Å²) in [7, 11) is 3.18. The summed E-state index contributed by atoms with van der Waals surface area (Å²) in [5.41, 5.74) is 3.41. The third-order valence-electron chi connectivity index (χ3n) is 4.50. The molecule has 3 aromatic rings. The number of ether oxygens (including phenoxy) is 1. The van der Waals surface area contributed by atoms with E-state index in [2.05, 4.69) is 10.6 Å². The molecule has 6 heteroatoms. The van der Waals surface area contributed by atoms with Gasteiger partial charge in [0.15, 0.2) is 0 Å². The van der Waals surface area contributed by atoms with Gasteiger partial charge < -0.3 is 20.3 Å². The number of hydrogen-bond donors (Lipinski definition) is 2. The largest absolute Gasteiger partial charge is 0.497 e. The Bertz CT molecular complexity index is 1050. The highest BCUT2D eigenvalue weighted by Gasteiger charge is 2.11. The predicted octanol–water partition coefficient (Wildman–Crippen LogP) is 4.55. The first-order chi connectivity index (χ1) is 15.0. The van der Waals surface area contributed by atoms with Gasteiger partial charge in [-0.3, -0.25) is 9.59 Å². The van der Waals surface area contributed by atoms with E-state index in [1.165, 1.54) is 11.0 Å². The SMILES string of the molecule is COc1cccc(/C=C/C(=O)N(C)CC(=O)Nc2ccc(Nc3ccccc3)cc2)c1. The second kappa shape index (κ2) is 10.6. The second-order valence-corrected chi connectivity index (χ2v) is 6.92. The van der Waals surface area contributed by atoms with E-state index < -0.39 is 0 Å². The van der Waals surface area contributed by atoms with E-state index in [0.717, 1.165) is 16.9 Å². The van der Waals surface area contributed by atoms with Crippen LogP contribution in [-0.4, -0.2) is 37.4 Å². The highest BCUT2D eigenvalue weighted by molar-refractivity contribution is 5.98. The lowest BCUT2D eigenvalue weighted by atomic mass is 10.2. The van der Waals surface area contributed by atoms with E-state index in [4.69, 9.17) is 4.74 Å². The lowest BCUT2D eigenvalue weighted by Crippen LogP contribution is -2.33. The summed E-state index contributed by atoms with van der Waals surface area (Å²) in [6, 6.07) is 24.6. The Kier molecular flexibility index (Phi) is 7.43. The van der Waals surface area contributed by atoms with Crippen molar-refractivity contribution >= 4 is 35.0 Å². The van der Waals surface area contributed by atoms with Gasteiger partial charge in [0.25, 0.3) is 0 Å². The van der Waals surface area contributed by atoms with Gasteiger partial charge in [0.1, 0.15) is 5.75 Å². The molecule has 0 aliphatic heterocycles. The van der Waals surface area contributed by atoms with Crippen LogP contribution in [0.3, 0.4) is 0 Å². The van der Waals surface area contributed by atoms with Gasteiger partial charge in [-0.2, -0.15) is 0 Å². The van der Waals surface area contributed by atoms with Gasteiger partial charge in [0.05, 0.1) is 13.7 Å². The van der Waals surface area contributed by atoms with E-state index in [1.54, 1.807) is 20.2 Å². The molecule has 0 aliphatic rings. The van der Waals surface area contributed by atoms with Crippen LogP contribution in [0.25, 0.3) is 6.08 Å². The predicted molar refractivity (Wildman–Crippen MR) is 124 cm³/mol. The van der Waals surface area contributed by atoms with E-state index in [9.17, 15) is 9.59 Å². The Morgan fingerprint density at radius 2 is 1.58 bits per heavy atom. The molecule has 0 unspecified atom stereocenters. The topological polar surface area (TPSA) is 70.7 Å². The van der Waals surface area contributed by atoms with E-state index in [1.807, 2.05) is 78.9 Å². The first-order valence-corrected chi connectivity index (χ1v) is 9.83. The van der Waals surface area contributed by atoms with Gasteiger partial charge in [-0.25, -0.2) is 0 Å². The molecule has 0 saturated carbocycles. The molecule has 0 bridgehead atoms. The van der Waals surface area contributed by atoms with Crippen molar-refractivity contribution in [3.63, 3.8) is 0 Å². The number of para-hydroxylation sites is 1. The second-order valence-electron chi connectivity index (χ2n) is 6.92. The number of rotatable bonds is 8. The first-order valence-electron chi connectivity index (χ1n) is 9.83.